The summed E-state index contributed by atoms with van der Waals surface area (Å²) in [6, 6.07) is 37.2. The minimum absolute atomic E-state index is 0.0500. The molecule has 0 aliphatic carbocycles. The zero-order chi connectivity index (χ0) is 40.2. The Morgan fingerprint density at radius 1 is 0.845 bits per heavy atom. The normalized spacial score (nSPS) is 23.8. The second-order valence-electron chi connectivity index (χ2n) is 14.5. The average Bonchev–Trinajstić information content (AvgIpc) is 3.74. The van der Waals surface area contributed by atoms with E-state index in [1.54, 1.807) is 54.6 Å². The molecule has 0 bridgehead atoms. The maximum atomic E-state index is 15.4. The first kappa shape index (κ1) is 38.6. The minimum atomic E-state index is -1.81. The number of nitrogens with one attached hydrogen (secondary N) is 2. The number of nitrogens with zero attached hydrogens (tertiary/aromatic N) is 1. The highest BCUT2D eigenvalue weighted by Crippen LogP contribution is 2.65. The molecule has 5 aromatic rings. The van der Waals surface area contributed by atoms with Crippen LogP contribution in [0.2, 0.25) is 0 Å². The first-order valence-electron chi connectivity index (χ1n) is 19.3. The second-order valence-corrected chi connectivity index (χ2v) is 14.5. The molecule has 2 fully saturated rings. The van der Waals surface area contributed by atoms with Crippen LogP contribution in [0.5, 0.6) is 5.75 Å². The summed E-state index contributed by atoms with van der Waals surface area (Å²) in [6.45, 7) is -0.660. The van der Waals surface area contributed by atoms with Crippen molar-refractivity contribution in [2.75, 3.05) is 31.7 Å². The molecule has 294 valence electrons. The topological polar surface area (TPSA) is 158 Å². The molecule has 3 aliphatic heterocycles. The van der Waals surface area contributed by atoms with Gasteiger partial charge in [0.1, 0.15) is 29.9 Å². The molecular weight excluding hydrogens is 735 g/mol. The summed E-state index contributed by atoms with van der Waals surface area (Å²) in [6.07, 6.45) is -1.72. The van der Waals surface area contributed by atoms with Gasteiger partial charge in [0.2, 0.25) is 11.8 Å². The lowest BCUT2D eigenvalue weighted by Gasteiger charge is -2.46. The fourth-order valence-corrected chi connectivity index (χ4v) is 8.96. The molecule has 5 aromatic carbocycles. The second kappa shape index (κ2) is 16.7. The number of anilines is 1. The quantitative estimate of drug-likeness (QED) is 0.0929. The number of aliphatic hydroxyl groups excluding tert-OH is 3. The molecule has 0 unspecified atom stereocenters. The molecule has 0 saturated carbocycles. The summed E-state index contributed by atoms with van der Waals surface area (Å²) in [5, 5.41) is 36.6. The van der Waals surface area contributed by atoms with Crippen molar-refractivity contribution in [3.8, 4) is 17.6 Å². The largest absolute Gasteiger partial charge is 0.491 e. The van der Waals surface area contributed by atoms with Crippen molar-refractivity contribution in [1.82, 2.24) is 10.2 Å². The third-order valence-electron chi connectivity index (χ3n) is 11.3. The molecular formula is C47H43N3O8. The van der Waals surface area contributed by atoms with Gasteiger partial charge in [-0.1, -0.05) is 121 Å². The van der Waals surface area contributed by atoms with E-state index < -0.39 is 59.5 Å². The first-order valence-corrected chi connectivity index (χ1v) is 19.3. The number of carbonyl (C=O) groups excluding carboxylic acids is 3. The number of aliphatic hydroxyl groups is 3. The average molecular weight is 778 g/mol. The molecule has 3 heterocycles. The monoisotopic (exact) mass is 777 g/mol. The Labute approximate surface area is 336 Å². The SMILES string of the molecule is O=C1O[C@@H](c2ccccc2)[C@@H](c2ccccc2)N2[C@@H](c3ccccc3OCCO)[C@]3(C(=O)Nc4ccc(C#CCCO)cc43)[C@@H](C(=O)NC[C@H](O)c3ccccc3)[C@H]12. The standard InChI is InChI=1S/C47H43N3O8/c51-25-13-12-14-30-23-24-36-35(28-30)47(46(56)49-36)39(44(54)48-29-37(53)31-15-4-1-5-16-31)41-45(55)58-42(33-19-8-3-9-20-33)40(32-17-6-2-7-18-32)50(41)43(47)34-21-10-11-22-38(34)57-27-26-52/h1-11,15-24,28,37,39-43,51-53H,13,25-27,29H2,(H,48,54)(H,49,56)/t37-,39+,40+,41+,42-,43-,47+/m0/s1. The molecule has 7 atom stereocenters. The van der Waals surface area contributed by atoms with Gasteiger partial charge in [-0.15, -0.1) is 0 Å². The maximum absolute atomic E-state index is 15.4. The lowest BCUT2D eigenvalue weighted by atomic mass is 9.65. The Morgan fingerprint density at radius 3 is 2.22 bits per heavy atom. The van der Waals surface area contributed by atoms with E-state index in [0.29, 0.717) is 33.7 Å². The van der Waals surface area contributed by atoms with E-state index in [0.717, 1.165) is 11.1 Å². The van der Waals surface area contributed by atoms with Crippen LogP contribution in [-0.4, -0.2) is 70.4 Å². The Morgan fingerprint density at radius 2 is 1.52 bits per heavy atom. The number of rotatable bonds is 11. The van der Waals surface area contributed by atoms with Gasteiger partial charge in [0.15, 0.2) is 0 Å². The summed E-state index contributed by atoms with van der Waals surface area (Å²) in [4.78, 5) is 47.6. The number of fused-ring (bicyclic) bond motifs is 3. The molecule has 1 spiro atoms. The molecule has 0 aromatic heterocycles. The van der Waals surface area contributed by atoms with Crippen LogP contribution in [0.3, 0.4) is 0 Å². The van der Waals surface area contributed by atoms with Crippen molar-refractivity contribution >= 4 is 23.5 Å². The predicted octanol–water partition coefficient (Wildman–Crippen LogP) is 4.91. The number of ether oxygens (including phenoxy) is 2. The Kier molecular flexibility index (Phi) is 11.1. The molecule has 11 heteroatoms. The van der Waals surface area contributed by atoms with Crippen LogP contribution in [-0.2, 0) is 24.5 Å². The molecule has 5 N–H and O–H groups in total. The van der Waals surface area contributed by atoms with E-state index in [9.17, 15) is 15.3 Å². The fraction of sp³-hybridized carbons (Fsp3) is 0.255. The molecule has 2 amide bonds. The number of carbonyl (C=O) groups is 3. The van der Waals surface area contributed by atoms with Gasteiger partial charge in [-0.05, 0) is 46.5 Å². The number of esters is 1. The van der Waals surface area contributed by atoms with Crippen LogP contribution in [0.1, 0.15) is 64.1 Å². The zero-order valence-corrected chi connectivity index (χ0v) is 31.5. The van der Waals surface area contributed by atoms with Crippen LogP contribution >= 0.6 is 0 Å². The van der Waals surface area contributed by atoms with Crippen LogP contribution in [0, 0.1) is 17.8 Å². The van der Waals surface area contributed by atoms with Gasteiger partial charge in [0.05, 0.1) is 37.3 Å². The van der Waals surface area contributed by atoms with Gasteiger partial charge >= 0.3 is 5.97 Å². The highest BCUT2D eigenvalue weighted by molar-refractivity contribution is 6.12. The van der Waals surface area contributed by atoms with Crippen molar-refractivity contribution in [3.05, 3.63) is 167 Å². The van der Waals surface area contributed by atoms with E-state index >= 15 is 14.4 Å². The van der Waals surface area contributed by atoms with E-state index in [1.807, 2.05) is 83.8 Å². The van der Waals surface area contributed by atoms with Gasteiger partial charge in [-0.25, -0.2) is 0 Å². The van der Waals surface area contributed by atoms with Crippen molar-refractivity contribution in [2.24, 2.45) is 5.92 Å². The number of cyclic esters (lactones) is 1. The number of para-hydroxylation sites is 1. The molecule has 11 nitrogen and oxygen atoms in total. The Hall–Kier alpha value is -6.29. The fourth-order valence-electron chi connectivity index (χ4n) is 8.96. The number of amides is 2. The number of benzene rings is 5. The van der Waals surface area contributed by atoms with Crippen molar-refractivity contribution in [3.63, 3.8) is 0 Å². The summed E-state index contributed by atoms with van der Waals surface area (Å²) in [5.74, 6) is 3.15. The first-order chi connectivity index (χ1) is 28.4. The third-order valence-corrected chi connectivity index (χ3v) is 11.3. The summed E-state index contributed by atoms with van der Waals surface area (Å²) >= 11 is 0. The van der Waals surface area contributed by atoms with Gasteiger partial charge < -0.3 is 35.4 Å². The highest BCUT2D eigenvalue weighted by Gasteiger charge is 2.74. The molecule has 0 radical (unpaired) electrons. The predicted molar refractivity (Wildman–Crippen MR) is 215 cm³/mol. The van der Waals surface area contributed by atoms with E-state index in [4.69, 9.17) is 9.47 Å². The highest BCUT2D eigenvalue weighted by atomic mass is 16.6. The molecule has 8 rings (SSSR count). The summed E-state index contributed by atoms with van der Waals surface area (Å²) < 4.78 is 12.7. The van der Waals surface area contributed by atoms with Crippen molar-refractivity contribution < 1.29 is 39.2 Å². The van der Waals surface area contributed by atoms with Gasteiger partial charge in [-0.2, -0.15) is 0 Å². The van der Waals surface area contributed by atoms with Gasteiger partial charge in [0.25, 0.3) is 0 Å². The van der Waals surface area contributed by atoms with E-state index in [1.165, 1.54) is 0 Å². The Bertz CT molecular complexity index is 2350. The lowest BCUT2D eigenvalue weighted by molar-refractivity contribution is -0.178. The minimum Gasteiger partial charge on any atom is -0.491 e. The van der Waals surface area contributed by atoms with Crippen LogP contribution < -0.4 is 15.4 Å². The summed E-state index contributed by atoms with van der Waals surface area (Å²) in [7, 11) is 0. The third kappa shape index (κ3) is 6.80. The molecule has 58 heavy (non-hydrogen) atoms. The van der Waals surface area contributed by atoms with E-state index in [2.05, 4.69) is 22.5 Å². The van der Waals surface area contributed by atoms with Crippen molar-refractivity contribution in [1.29, 1.82) is 0 Å². The van der Waals surface area contributed by atoms with Gasteiger partial charge in [-0.3, -0.25) is 19.3 Å². The van der Waals surface area contributed by atoms with Crippen LogP contribution in [0.4, 0.5) is 5.69 Å². The van der Waals surface area contributed by atoms with Gasteiger partial charge in [0, 0.05) is 29.8 Å². The number of morpholine rings is 1. The Balaban J connectivity index is 1.41. The number of hydrogen-bond donors (Lipinski definition) is 5. The van der Waals surface area contributed by atoms with Crippen molar-refractivity contribution in [2.45, 2.75) is 42.2 Å². The lowest BCUT2D eigenvalue weighted by Crippen LogP contribution is -2.55. The van der Waals surface area contributed by atoms with E-state index in [-0.39, 0.29) is 32.8 Å². The van der Waals surface area contributed by atoms with Crippen LogP contribution in [0.15, 0.2) is 133 Å². The number of hydrogen-bond acceptors (Lipinski definition) is 9. The smallest absolute Gasteiger partial charge is 0.324 e. The summed E-state index contributed by atoms with van der Waals surface area (Å²) in [5.41, 5.74) is 2.23. The molecule has 2 saturated heterocycles. The molecule has 3 aliphatic rings. The van der Waals surface area contributed by atoms with Crippen LogP contribution in [0.25, 0.3) is 0 Å². The zero-order valence-electron chi connectivity index (χ0n) is 31.5. The maximum Gasteiger partial charge on any atom is 0.324 e.